The first-order chi connectivity index (χ1) is 9.72. The molecule has 1 N–H and O–H groups in total. The lowest BCUT2D eigenvalue weighted by Gasteiger charge is -2.22. The van der Waals surface area contributed by atoms with Crippen molar-refractivity contribution in [1.82, 2.24) is 4.90 Å². The molecule has 0 unspecified atom stereocenters. The van der Waals surface area contributed by atoms with Crippen LogP contribution in [-0.4, -0.2) is 35.6 Å². The standard InChI is InChI=1S/C16H24ClNO2/c1-2-3-4-5-10-18(11-12-19)16(20)15-8-6-14(13-17)7-9-15/h6-9,19H,2-5,10-13H2,1H3. The Hall–Kier alpha value is -1.06. The molecule has 0 saturated carbocycles. The van der Waals surface area contributed by atoms with Crippen molar-refractivity contribution < 1.29 is 9.90 Å². The van der Waals surface area contributed by atoms with Gasteiger partial charge in [0.2, 0.25) is 0 Å². The Balaban J connectivity index is 2.61. The minimum atomic E-state index is -0.0170. The molecule has 4 heteroatoms. The van der Waals surface area contributed by atoms with E-state index in [0.717, 1.165) is 18.4 Å². The summed E-state index contributed by atoms with van der Waals surface area (Å²) in [5.74, 6) is 0.433. The molecule has 0 heterocycles. The number of amides is 1. The van der Waals surface area contributed by atoms with Crippen molar-refractivity contribution in [2.24, 2.45) is 0 Å². The summed E-state index contributed by atoms with van der Waals surface area (Å²) in [6.45, 7) is 3.26. The van der Waals surface area contributed by atoms with Gasteiger partial charge in [0.25, 0.3) is 5.91 Å². The number of aliphatic hydroxyl groups excluding tert-OH is 1. The molecular weight excluding hydrogens is 274 g/mol. The Labute approximate surface area is 126 Å². The Morgan fingerprint density at radius 3 is 2.40 bits per heavy atom. The fourth-order valence-corrected chi connectivity index (χ4v) is 2.26. The van der Waals surface area contributed by atoms with E-state index < -0.39 is 0 Å². The van der Waals surface area contributed by atoms with Gasteiger partial charge < -0.3 is 10.0 Å². The van der Waals surface area contributed by atoms with Gasteiger partial charge in [-0.05, 0) is 24.1 Å². The first-order valence-electron chi connectivity index (χ1n) is 7.28. The van der Waals surface area contributed by atoms with Gasteiger partial charge in [-0.3, -0.25) is 4.79 Å². The number of nitrogens with zero attached hydrogens (tertiary/aromatic N) is 1. The smallest absolute Gasteiger partial charge is 0.253 e. The molecule has 0 saturated heterocycles. The van der Waals surface area contributed by atoms with E-state index in [1.165, 1.54) is 12.8 Å². The van der Waals surface area contributed by atoms with Crippen molar-refractivity contribution >= 4 is 17.5 Å². The third-order valence-corrected chi connectivity index (χ3v) is 3.60. The summed E-state index contributed by atoms with van der Waals surface area (Å²) in [5, 5.41) is 9.11. The van der Waals surface area contributed by atoms with Gasteiger partial charge in [0.05, 0.1) is 6.61 Å². The maximum atomic E-state index is 12.4. The zero-order valence-electron chi connectivity index (χ0n) is 12.1. The molecule has 1 amide bonds. The van der Waals surface area contributed by atoms with E-state index in [2.05, 4.69) is 6.92 Å². The topological polar surface area (TPSA) is 40.5 Å². The van der Waals surface area contributed by atoms with Crippen LogP contribution in [-0.2, 0) is 5.88 Å². The minimum absolute atomic E-state index is 0.000713. The van der Waals surface area contributed by atoms with Crippen LogP contribution in [0.3, 0.4) is 0 Å². The average molecular weight is 298 g/mol. The molecule has 1 aromatic carbocycles. The zero-order chi connectivity index (χ0) is 14.8. The summed E-state index contributed by atoms with van der Waals surface area (Å²) in [6, 6.07) is 7.34. The van der Waals surface area contributed by atoms with Crippen LogP contribution < -0.4 is 0 Å². The molecule has 1 aromatic rings. The molecule has 0 aliphatic heterocycles. The number of hydrogen-bond acceptors (Lipinski definition) is 2. The average Bonchev–Trinajstić information content (AvgIpc) is 2.50. The maximum Gasteiger partial charge on any atom is 0.253 e. The van der Waals surface area contributed by atoms with Crippen molar-refractivity contribution in [1.29, 1.82) is 0 Å². The van der Waals surface area contributed by atoms with Crippen molar-refractivity contribution in [3.05, 3.63) is 35.4 Å². The molecule has 112 valence electrons. The van der Waals surface area contributed by atoms with Gasteiger partial charge >= 0.3 is 0 Å². The second-order valence-electron chi connectivity index (χ2n) is 4.91. The zero-order valence-corrected chi connectivity index (χ0v) is 12.9. The van der Waals surface area contributed by atoms with Gasteiger partial charge in [-0.2, -0.15) is 0 Å². The maximum absolute atomic E-state index is 12.4. The Morgan fingerprint density at radius 2 is 1.85 bits per heavy atom. The van der Waals surface area contributed by atoms with Crippen LogP contribution >= 0.6 is 11.6 Å². The first-order valence-corrected chi connectivity index (χ1v) is 7.81. The number of unbranched alkanes of at least 4 members (excludes halogenated alkanes) is 3. The summed E-state index contributed by atoms with van der Waals surface area (Å²) in [6.07, 6.45) is 4.47. The molecule has 0 atom stereocenters. The quantitative estimate of drug-likeness (QED) is 0.560. The van der Waals surface area contributed by atoms with Gasteiger partial charge in [0, 0.05) is 24.5 Å². The first kappa shape index (κ1) is 17.0. The van der Waals surface area contributed by atoms with Crippen molar-refractivity contribution in [2.45, 2.75) is 38.5 Å². The van der Waals surface area contributed by atoms with Crippen LogP contribution in [0.25, 0.3) is 0 Å². The fourth-order valence-electron chi connectivity index (χ4n) is 2.08. The summed E-state index contributed by atoms with van der Waals surface area (Å²) in [4.78, 5) is 14.1. The molecule has 0 fully saturated rings. The third-order valence-electron chi connectivity index (χ3n) is 3.29. The van der Waals surface area contributed by atoms with Gasteiger partial charge in [-0.15, -0.1) is 11.6 Å². The normalized spacial score (nSPS) is 10.6. The number of hydrogen-bond donors (Lipinski definition) is 1. The number of halogens is 1. The predicted molar refractivity (Wildman–Crippen MR) is 83.1 cm³/mol. The lowest BCUT2D eigenvalue weighted by molar-refractivity contribution is 0.0718. The number of carbonyl (C=O) groups is 1. The molecule has 0 spiro atoms. The monoisotopic (exact) mass is 297 g/mol. The second kappa shape index (κ2) is 9.78. The molecule has 0 bridgehead atoms. The van der Waals surface area contributed by atoms with E-state index in [0.29, 0.717) is 24.5 Å². The molecule has 0 aromatic heterocycles. The number of alkyl halides is 1. The Kier molecular flexibility index (Phi) is 8.31. The van der Waals surface area contributed by atoms with Gasteiger partial charge in [0.1, 0.15) is 0 Å². The van der Waals surface area contributed by atoms with Crippen LogP contribution in [0.2, 0.25) is 0 Å². The predicted octanol–water partition coefficient (Wildman–Crippen LogP) is 3.44. The van der Waals surface area contributed by atoms with E-state index in [1.54, 1.807) is 17.0 Å². The molecule has 1 rings (SSSR count). The van der Waals surface area contributed by atoms with Crippen LogP contribution in [0.5, 0.6) is 0 Å². The summed E-state index contributed by atoms with van der Waals surface area (Å²) < 4.78 is 0. The molecule has 0 aliphatic carbocycles. The summed E-state index contributed by atoms with van der Waals surface area (Å²) >= 11 is 5.74. The van der Waals surface area contributed by atoms with E-state index in [1.807, 2.05) is 12.1 Å². The second-order valence-corrected chi connectivity index (χ2v) is 5.17. The van der Waals surface area contributed by atoms with Gasteiger partial charge in [0.15, 0.2) is 0 Å². The highest BCUT2D eigenvalue weighted by atomic mass is 35.5. The van der Waals surface area contributed by atoms with Crippen LogP contribution in [0.1, 0.15) is 48.5 Å². The van der Waals surface area contributed by atoms with Crippen molar-refractivity contribution in [3.63, 3.8) is 0 Å². The highest BCUT2D eigenvalue weighted by Crippen LogP contribution is 2.11. The van der Waals surface area contributed by atoms with Crippen LogP contribution in [0.15, 0.2) is 24.3 Å². The van der Waals surface area contributed by atoms with E-state index >= 15 is 0 Å². The molecule has 3 nitrogen and oxygen atoms in total. The van der Waals surface area contributed by atoms with E-state index in [-0.39, 0.29) is 12.5 Å². The Morgan fingerprint density at radius 1 is 1.15 bits per heavy atom. The van der Waals surface area contributed by atoms with Crippen LogP contribution in [0, 0.1) is 0 Å². The van der Waals surface area contributed by atoms with E-state index in [4.69, 9.17) is 16.7 Å². The van der Waals surface area contributed by atoms with Crippen molar-refractivity contribution in [3.8, 4) is 0 Å². The molecule has 0 aliphatic rings. The SMILES string of the molecule is CCCCCCN(CCO)C(=O)c1ccc(CCl)cc1. The summed E-state index contributed by atoms with van der Waals surface area (Å²) in [5.41, 5.74) is 1.66. The number of rotatable bonds is 9. The number of aliphatic hydroxyl groups is 1. The Bertz CT molecular complexity index is 392. The summed E-state index contributed by atoms with van der Waals surface area (Å²) in [7, 11) is 0. The van der Waals surface area contributed by atoms with Crippen molar-refractivity contribution in [2.75, 3.05) is 19.7 Å². The molecule has 0 radical (unpaired) electrons. The van der Waals surface area contributed by atoms with Crippen LogP contribution in [0.4, 0.5) is 0 Å². The highest BCUT2D eigenvalue weighted by Gasteiger charge is 2.14. The number of carbonyl (C=O) groups excluding carboxylic acids is 1. The van der Waals surface area contributed by atoms with E-state index in [9.17, 15) is 4.79 Å². The lowest BCUT2D eigenvalue weighted by Crippen LogP contribution is -2.34. The molecular formula is C16H24ClNO2. The fraction of sp³-hybridized carbons (Fsp3) is 0.562. The lowest BCUT2D eigenvalue weighted by atomic mass is 10.1. The third kappa shape index (κ3) is 5.51. The highest BCUT2D eigenvalue weighted by molar-refractivity contribution is 6.17. The largest absolute Gasteiger partial charge is 0.395 e. The molecule has 20 heavy (non-hydrogen) atoms. The minimum Gasteiger partial charge on any atom is -0.395 e. The van der Waals surface area contributed by atoms with Gasteiger partial charge in [-0.25, -0.2) is 0 Å². The van der Waals surface area contributed by atoms with Gasteiger partial charge in [-0.1, -0.05) is 38.3 Å². The number of benzene rings is 1.